The number of nitrogens with one attached hydrogen (secondary N) is 1. The molecule has 0 aliphatic carbocycles. The van der Waals surface area contributed by atoms with Gasteiger partial charge in [0, 0.05) is 22.3 Å². The molecule has 0 saturated carbocycles. The summed E-state index contributed by atoms with van der Waals surface area (Å²) in [4.78, 5) is 25.6. The molecular formula is C27H21Cl2F3N8O3. The summed E-state index contributed by atoms with van der Waals surface area (Å²) < 4.78 is 41.7. The van der Waals surface area contributed by atoms with Crippen molar-refractivity contribution in [1.29, 1.82) is 0 Å². The normalized spacial score (nSPS) is 14.9. The Kier molecular flexibility index (Phi) is 8.19. The van der Waals surface area contributed by atoms with Crippen LogP contribution in [0.15, 0.2) is 73.1 Å². The van der Waals surface area contributed by atoms with Gasteiger partial charge in [0.15, 0.2) is 18.6 Å². The van der Waals surface area contributed by atoms with E-state index in [2.05, 4.69) is 20.7 Å². The molecule has 3 heterocycles. The first-order chi connectivity index (χ1) is 20.7. The maximum Gasteiger partial charge on any atom is 0.333 e. The molecule has 1 N–H and O–H groups in total. The van der Waals surface area contributed by atoms with Crippen LogP contribution >= 0.6 is 23.2 Å². The van der Waals surface area contributed by atoms with Crippen LogP contribution in [-0.2, 0) is 20.9 Å². The van der Waals surface area contributed by atoms with E-state index in [1.54, 1.807) is 42.5 Å². The number of hydroxylamine groups is 3. The first-order valence-electron chi connectivity index (χ1n) is 12.7. The van der Waals surface area contributed by atoms with Gasteiger partial charge in [-0.2, -0.15) is 13.9 Å². The smallest absolute Gasteiger partial charge is 0.325 e. The van der Waals surface area contributed by atoms with Gasteiger partial charge in [-0.15, -0.1) is 10.2 Å². The van der Waals surface area contributed by atoms with E-state index in [1.165, 1.54) is 45.4 Å². The van der Waals surface area contributed by atoms with Crippen LogP contribution in [0.2, 0.25) is 10.2 Å². The number of rotatable bonds is 8. The highest BCUT2D eigenvalue weighted by Crippen LogP contribution is 2.30. The van der Waals surface area contributed by atoms with E-state index in [0.717, 1.165) is 0 Å². The third kappa shape index (κ3) is 6.43. The quantitative estimate of drug-likeness (QED) is 0.236. The van der Waals surface area contributed by atoms with Crippen molar-refractivity contribution in [3.8, 4) is 5.69 Å². The zero-order valence-electron chi connectivity index (χ0n) is 21.9. The molecule has 6 rings (SSSR count). The van der Waals surface area contributed by atoms with Crippen LogP contribution in [0, 0.1) is 5.82 Å². The molecular weight excluding hydrogens is 612 g/mol. The molecule has 0 spiro atoms. The van der Waals surface area contributed by atoms with Crippen molar-refractivity contribution in [2.24, 2.45) is 0 Å². The van der Waals surface area contributed by atoms with Crippen LogP contribution < -0.4 is 10.4 Å². The second-order valence-corrected chi connectivity index (χ2v) is 10.3. The second kappa shape index (κ2) is 12.2. The predicted molar refractivity (Wildman–Crippen MR) is 151 cm³/mol. The SMILES string of the molecule is O=C(Nc1ccc2nn(C(F)F)cc2c1)C(Cc1ccc(F)cc1)N1CON(c2cc(Cl)ccc2-n2cc(Cl)nn2)CO1. The monoisotopic (exact) mass is 632 g/mol. The summed E-state index contributed by atoms with van der Waals surface area (Å²) in [7, 11) is 0. The Labute approximate surface area is 251 Å². The molecule has 0 bridgehead atoms. The highest BCUT2D eigenvalue weighted by Gasteiger charge is 2.33. The van der Waals surface area contributed by atoms with Gasteiger partial charge in [0.1, 0.15) is 11.9 Å². The number of alkyl halides is 2. The summed E-state index contributed by atoms with van der Waals surface area (Å²) in [5.74, 6) is -0.885. The summed E-state index contributed by atoms with van der Waals surface area (Å²) in [6.45, 7) is -3.11. The van der Waals surface area contributed by atoms with Crippen LogP contribution in [0.1, 0.15) is 12.1 Å². The average molecular weight is 633 g/mol. The van der Waals surface area contributed by atoms with Gasteiger partial charge < -0.3 is 5.32 Å². The molecule has 5 aromatic rings. The Morgan fingerprint density at radius 3 is 2.49 bits per heavy atom. The number of anilines is 2. The Hall–Kier alpha value is -4.21. The highest BCUT2D eigenvalue weighted by molar-refractivity contribution is 6.31. The highest BCUT2D eigenvalue weighted by atomic mass is 35.5. The van der Waals surface area contributed by atoms with E-state index in [4.69, 9.17) is 32.9 Å². The van der Waals surface area contributed by atoms with E-state index >= 15 is 0 Å². The molecule has 3 aromatic carbocycles. The van der Waals surface area contributed by atoms with Crippen molar-refractivity contribution in [3.05, 3.63) is 94.6 Å². The maximum atomic E-state index is 13.6. The third-order valence-electron chi connectivity index (χ3n) is 6.58. The first kappa shape index (κ1) is 28.9. The predicted octanol–water partition coefficient (Wildman–Crippen LogP) is 5.61. The number of fused-ring (bicyclic) bond motifs is 1. The number of carbonyl (C=O) groups excluding carboxylic acids is 1. The molecule has 1 unspecified atom stereocenters. The second-order valence-electron chi connectivity index (χ2n) is 9.43. The molecule has 16 heteroatoms. The van der Waals surface area contributed by atoms with Gasteiger partial charge in [0.05, 0.1) is 23.1 Å². The van der Waals surface area contributed by atoms with Crippen molar-refractivity contribution in [2.45, 2.75) is 19.0 Å². The van der Waals surface area contributed by atoms with E-state index in [-0.39, 0.29) is 25.0 Å². The van der Waals surface area contributed by atoms with E-state index in [1.807, 2.05) is 0 Å². The molecule has 1 aliphatic rings. The zero-order chi connectivity index (χ0) is 30.1. The lowest BCUT2D eigenvalue weighted by Crippen LogP contribution is -2.52. The first-order valence-corrected chi connectivity index (χ1v) is 13.5. The summed E-state index contributed by atoms with van der Waals surface area (Å²) >= 11 is 12.2. The maximum absolute atomic E-state index is 13.6. The van der Waals surface area contributed by atoms with Crippen molar-refractivity contribution < 1.29 is 27.6 Å². The fraction of sp³-hybridized carbons (Fsp3) is 0.185. The molecule has 11 nitrogen and oxygen atoms in total. The number of carbonyl (C=O) groups is 1. The van der Waals surface area contributed by atoms with Gasteiger partial charge in [0.25, 0.3) is 0 Å². The lowest BCUT2D eigenvalue weighted by Gasteiger charge is -2.38. The Balaban J connectivity index is 1.22. The van der Waals surface area contributed by atoms with Gasteiger partial charge in [0.2, 0.25) is 5.91 Å². The van der Waals surface area contributed by atoms with E-state index < -0.39 is 24.3 Å². The van der Waals surface area contributed by atoms with E-state index in [0.29, 0.717) is 43.2 Å². The lowest BCUT2D eigenvalue weighted by atomic mass is 10.0. The fourth-order valence-electron chi connectivity index (χ4n) is 4.52. The topological polar surface area (TPSA) is 103 Å². The molecule has 43 heavy (non-hydrogen) atoms. The Morgan fingerprint density at radius 2 is 1.79 bits per heavy atom. The molecule has 1 atom stereocenters. The number of hydrogen-bond donors (Lipinski definition) is 1. The van der Waals surface area contributed by atoms with Crippen molar-refractivity contribution >= 4 is 51.4 Å². The number of amides is 1. The summed E-state index contributed by atoms with van der Waals surface area (Å²) in [5, 5.41) is 18.3. The van der Waals surface area contributed by atoms with Crippen LogP contribution in [0.3, 0.4) is 0 Å². The van der Waals surface area contributed by atoms with Gasteiger partial charge >= 0.3 is 6.55 Å². The van der Waals surface area contributed by atoms with Gasteiger partial charge in [-0.3, -0.25) is 14.5 Å². The van der Waals surface area contributed by atoms with Crippen LogP contribution in [0.5, 0.6) is 0 Å². The largest absolute Gasteiger partial charge is 0.333 e. The van der Waals surface area contributed by atoms with Crippen molar-refractivity contribution in [3.63, 3.8) is 0 Å². The number of halogens is 5. The summed E-state index contributed by atoms with van der Waals surface area (Å²) in [5.41, 5.74) is 2.45. The molecule has 0 radical (unpaired) electrons. The van der Waals surface area contributed by atoms with Gasteiger partial charge in [-0.1, -0.05) is 40.5 Å². The van der Waals surface area contributed by atoms with Crippen molar-refractivity contribution in [1.82, 2.24) is 29.8 Å². The minimum atomic E-state index is -2.79. The Morgan fingerprint density at radius 1 is 0.977 bits per heavy atom. The molecule has 1 aliphatic heterocycles. The zero-order valence-corrected chi connectivity index (χ0v) is 23.5. The number of aromatic nitrogens is 5. The number of benzene rings is 3. The molecule has 1 amide bonds. The lowest BCUT2D eigenvalue weighted by molar-refractivity contribution is -0.279. The van der Waals surface area contributed by atoms with E-state index in [9.17, 15) is 18.0 Å². The number of nitrogens with zero attached hydrogens (tertiary/aromatic N) is 7. The van der Waals surface area contributed by atoms with Gasteiger partial charge in [-0.25, -0.2) is 18.8 Å². The standard InChI is InChI=1S/C27H21Cl2F3N8O3/c28-18-3-8-22(37-13-25(29)34-36-37)23(11-18)39-14-43-40(15-42-39)24(9-16-1-4-19(30)5-2-16)26(41)33-20-6-7-21-17(10-20)12-38(35-21)27(31)32/h1-8,10-13,24,27H,9,14-15H2,(H,33,41). The summed E-state index contributed by atoms with van der Waals surface area (Å²) in [6.07, 6.45) is 2.85. The third-order valence-corrected chi connectivity index (χ3v) is 6.99. The molecule has 1 saturated heterocycles. The minimum absolute atomic E-state index is 0.137. The summed E-state index contributed by atoms with van der Waals surface area (Å²) in [6, 6.07) is 14.5. The van der Waals surface area contributed by atoms with Crippen LogP contribution in [-0.4, -0.2) is 55.2 Å². The Bertz CT molecular complexity index is 1760. The molecule has 222 valence electrons. The fourth-order valence-corrected chi connectivity index (χ4v) is 4.81. The minimum Gasteiger partial charge on any atom is -0.325 e. The average Bonchev–Trinajstić information content (AvgIpc) is 3.63. The molecule has 2 aromatic heterocycles. The van der Waals surface area contributed by atoms with Crippen molar-refractivity contribution in [2.75, 3.05) is 23.8 Å². The van der Waals surface area contributed by atoms with Gasteiger partial charge in [-0.05, 0) is 60.5 Å². The van der Waals surface area contributed by atoms with Crippen LogP contribution in [0.4, 0.5) is 24.5 Å². The van der Waals surface area contributed by atoms with Crippen LogP contribution in [0.25, 0.3) is 16.6 Å². The molecule has 1 fully saturated rings. The number of hydrogen-bond acceptors (Lipinski definition) is 8.